The molecule has 0 radical (unpaired) electrons. The topological polar surface area (TPSA) is 62.7 Å². The van der Waals surface area contributed by atoms with Gasteiger partial charge in [-0.25, -0.2) is 0 Å². The van der Waals surface area contributed by atoms with Gasteiger partial charge < -0.3 is 14.5 Å². The number of carbonyl (C=O) groups excluding carboxylic acids is 2. The Hall–Kier alpha value is -2.89. The largest absolute Gasteiger partial charge is 0.497 e. The molecule has 0 atom stereocenters. The van der Waals surface area contributed by atoms with Crippen LogP contribution in [0.15, 0.2) is 48.7 Å². The second-order valence-electron chi connectivity index (χ2n) is 8.15. The fourth-order valence-corrected chi connectivity index (χ4v) is 4.41. The third-order valence-corrected chi connectivity index (χ3v) is 6.17. The van der Waals surface area contributed by atoms with Gasteiger partial charge in [0.15, 0.2) is 0 Å². The second-order valence-corrected chi connectivity index (χ2v) is 8.15. The first-order valence-corrected chi connectivity index (χ1v) is 10.2. The molecule has 2 amide bonds. The van der Waals surface area contributed by atoms with Gasteiger partial charge in [-0.05, 0) is 42.7 Å². The molecule has 3 heterocycles. The Morgan fingerprint density at radius 1 is 1.14 bits per heavy atom. The molecule has 2 fully saturated rings. The number of piperidine rings is 1. The number of aromatic nitrogens is 1. The number of rotatable bonds is 5. The highest BCUT2D eigenvalue weighted by Gasteiger charge is 2.45. The average molecular weight is 393 g/mol. The summed E-state index contributed by atoms with van der Waals surface area (Å²) in [5.74, 6) is 1.16. The number of pyridine rings is 1. The smallest absolute Gasteiger partial charge is 0.228 e. The van der Waals surface area contributed by atoms with E-state index >= 15 is 0 Å². The highest BCUT2D eigenvalue weighted by atomic mass is 16.5. The number of carbonyl (C=O) groups is 2. The Labute approximate surface area is 171 Å². The van der Waals surface area contributed by atoms with Crippen LogP contribution in [0, 0.1) is 5.41 Å². The lowest BCUT2D eigenvalue weighted by molar-refractivity contribution is -0.132. The van der Waals surface area contributed by atoms with Gasteiger partial charge in [0, 0.05) is 49.9 Å². The van der Waals surface area contributed by atoms with Crippen LogP contribution in [0.2, 0.25) is 0 Å². The number of likely N-dealkylation sites (tertiary alicyclic amines) is 2. The Bertz CT molecular complexity index is 859. The third kappa shape index (κ3) is 4.42. The third-order valence-electron chi connectivity index (χ3n) is 6.17. The van der Waals surface area contributed by atoms with Crippen molar-refractivity contribution in [3.63, 3.8) is 0 Å². The van der Waals surface area contributed by atoms with Gasteiger partial charge in [0.2, 0.25) is 11.8 Å². The zero-order chi connectivity index (χ0) is 20.3. The molecule has 0 bridgehead atoms. The van der Waals surface area contributed by atoms with Crippen molar-refractivity contribution in [3.8, 4) is 5.75 Å². The van der Waals surface area contributed by atoms with E-state index < -0.39 is 0 Å². The molecule has 0 unspecified atom stereocenters. The standard InChI is InChI=1S/C23H27N3O3/c1-29-20-7-5-18(6-8-20)16-26-17-23(15-22(26)28)9-12-25(13-10-23)21(27)14-19-4-2-3-11-24-19/h2-8,11H,9-10,12-17H2,1H3. The summed E-state index contributed by atoms with van der Waals surface area (Å²) >= 11 is 0. The molecule has 0 saturated carbocycles. The molecule has 152 valence electrons. The van der Waals surface area contributed by atoms with Gasteiger partial charge in [0.1, 0.15) is 5.75 Å². The molecular weight excluding hydrogens is 366 g/mol. The summed E-state index contributed by atoms with van der Waals surface area (Å²) in [6.07, 6.45) is 4.41. The Balaban J connectivity index is 1.32. The molecule has 4 rings (SSSR count). The highest BCUT2D eigenvalue weighted by Crippen LogP contribution is 2.41. The van der Waals surface area contributed by atoms with Crippen LogP contribution in [0.25, 0.3) is 0 Å². The first kappa shape index (κ1) is 19.4. The molecule has 2 aliphatic rings. The number of hydrogen-bond acceptors (Lipinski definition) is 4. The summed E-state index contributed by atoms with van der Waals surface area (Å²) in [6, 6.07) is 13.5. The van der Waals surface area contributed by atoms with E-state index in [9.17, 15) is 9.59 Å². The number of benzene rings is 1. The van der Waals surface area contributed by atoms with Crippen molar-refractivity contribution < 1.29 is 14.3 Å². The number of methoxy groups -OCH3 is 1. The molecular formula is C23H27N3O3. The molecule has 0 aliphatic carbocycles. The van der Waals surface area contributed by atoms with Gasteiger partial charge >= 0.3 is 0 Å². The monoisotopic (exact) mass is 393 g/mol. The van der Waals surface area contributed by atoms with Gasteiger partial charge in [-0.3, -0.25) is 14.6 Å². The lowest BCUT2D eigenvalue weighted by Crippen LogP contribution is -2.44. The molecule has 6 nitrogen and oxygen atoms in total. The number of hydrogen-bond donors (Lipinski definition) is 0. The quantitative estimate of drug-likeness (QED) is 0.784. The van der Waals surface area contributed by atoms with Gasteiger partial charge in [-0.1, -0.05) is 18.2 Å². The molecule has 1 aromatic heterocycles. The van der Waals surface area contributed by atoms with Crippen molar-refractivity contribution in [2.45, 2.75) is 32.2 Å². The predicted octanol–water partition coefficient (Wildman–Crippen LogP) is 2.67. The molecule has 2 aliphatic heterocycles. The normalized spacial score (nSPS) is 18.3. The lowest BCUT2D eigenvalue weighted by atomic mass is 9.77. The van der Waals surface area contributed by atoms with Crippen LogP contribution in [0.1, 0.15) is 30.5 Å². The first-order valence-electron chi connectivity index (χ1n) is 10.2. The van der Waals surface area contributed by atoms with Crippen LogP contribution in [-0.4, -0.2) is 53.3 Å². The summed E-state index contributed by atoms with van der Waals surface area (Å²) < 4.78 is 5.20. The predicted molar refractivity (Wildman–Crippen MR) is 109 cm³/mol. The first-order chi connectivity index (χ1) is 14.1. The van der Waals surface area contributed by atoms with Crippen molar-refractivity contribution in [2.24, 2.45) is 5.41 Å². The molecule has 1 spiro atoms. The number of amides is 2. The lowest BCUT2D eigenvalue weighted by Gasteiger charge is -2.38. The van der Waals surface area contributed by atoms with E-state index in [-0.39, 0.29) is 17.2 Å². The molecule has 1 aromatic carbocycles. The maximum absolute atomic E-state index is 12.6. The summed E-state index contributed by atoms with van der Waals surface area (Å²) in [6.45, 7) is 2.84. The zero-order valence-corrected chi connectivity index (χ0v) is 16.8. The van der Waals surface area contributed by atoms with Crippen molar-refractivity contribution in [1.29, 1.82) is 0 Å². The van der Waals surface area contributed by atoms with Crippen LogP contribution < -0.4 is 4.74 Å². The molecule has 2 aromatic rings. The minimum absolute atomic E-state index is 0.00529. The fraction of sp³-hybridized carbons (Fsp3) is 0.435. The Morgan fingerprint density at radius 2 is 1.90 bits per heavy atom. The van der Waals surface area contributed by atoms with E-state index in [4.69, 9.17) is 4.74 Å². The van der Waals surface area contributed by atoms with E-state index in [1.165, 1.54) is 0 Å². The highest BCUT2D eigenvalue weighted by molar-refractivity contribution is 5.80. The minimum Gasteiger partial charge on any atom is -0.497 e. The van der Waals surface area contributed by atoms with Crippen molar-refractivity contribution in [3.05, 3.63) is 59.9 Å². The van der Waals surface area contributed by atoms with E-state index in [2.05, 4.69) is 4.98 Å². The van der Waals surface area contributed by atoms with Crippen molar-refractivity contribution in [1.82, 2.24) is 14.8 Å². The second kappa shape index (κ2) is 8.23. The summed E-state index contributed by atoms with van der Waals surface area (Å²) in [4.78, 5) is 33.4. The molecule has 2 saturated heterocycles. The van der Waals surface area contributed by atoms with Gasteiger partial charge in [0.05, 0.1) is 13.5 Å². The fourth-order valence-electron chi connectivity index (χ4n) is 4.41. The summed E-state index contributed by atoms with van der Waals surface area (Å²) in [5.41, 5.74) is 1.92. The number of nitrogens with zero attached hydrogens (tertiary/aromatic N) is 3. The Morgan fingerprint density at radius 3 is 2.55 bits per heavy atom. The van der Waals surface area contributed by atoms with Crippen LogP contribution in [0.5, 0.6) is 5.75 Å². The SMILES string of the molecule is COc1ccc(CN2CC3(CCN(C(=O)Cc4ccccn4)CC3)CC2=O)cc1. The van der Waals surface area contributed by atoms with Crippen LogP contribution in [-0.2, 0) is 22.6 Å². The molecule has 6 heteroatoms. The van der Waals surface area contributed by atoms with E-state index in [0.29, 0.717) is 19.4 Å². The Kier molecular flexibility index (Phi) is 5.51. The van der Waals surface area contributed by atoms with Gasteiger partial charge in [-0.2, -0.15) is 0 Å². The van der Waals surface area contributed by atoms with Crippen LogP contribution in [0.4, 0.5) is 0 Å². The van der Waals surface area contributed by atoms with E-state index in [1.54, 1.807) is 13.3 Å². The number of ether oxygens (including phenoxy) is 1. The molecule has 29 heavy (non-hydrogen) atoms. The van der Waals surface area contributed by atoms with Gasteiger partial charge in [-0.15, -0.1) is 0 Å². The summed E-state index contributed by atoms with van der Waals surface area (Å²) in [5, 5.41) is 0. The van der Waals surface area contributed by atoms with Crippen molar-refractivity contribution in [2.75, 3.05) is 26.7 Å². The van der Waals surface area contributed by atoms with Gasteiger partial charge in [0.25, 0.3) is 0 Å². The maximum atomic E-state index is 12.6. The van der Waals surface area contributed by atoms with E-state index in [1.807, 2.05) is 52.3 Å². The zero-order valence-electron chi connectivity index (χ0n) is 16.8. The van der Waals surface area contributed by atoms with Crippen molar-refractivity contribution >= 4 is 11.8 Å². The van der Waals surface area contributed by atoms with Crippen LogP contribution in [0.3, 0.4) is 0 Å². The molecule has 0 N–H and O–H groups in total. The summed E-state index contributed by atoms with van der Waals surface area (Å²) in [7, 11) is 1.65. The minimum atomic E-state index is 0.00529. The van der Waals surface area contributed by atoms with Crippen LogP contribution >= 0.6 is 0 Å². The van der Waals surface area contributed by atoms with E-state index in [0.717, 1.165) is 49.5 Å². The average Bonchev–Trinajstić information content (AvgIpc) is 3.04. The maximum Gasteiger partial charge on any atom is 0.228 e.